The number of thioether (sulfide) groups is 1. The molecule has 0 aliphatic carbocycles. The number of Topliss-reactive ketones (excluding diaryl/α,β-unsaturated/α-hetero) is 1. The second kappa shape index (κ2) is 8.50. The summed E-state index contributed by atoms with van der Waals surface area (Å²) < 4.78 is 1.74. The molecule has 0 radical (unpaired) electrons. The number of anilines is 1. The smallest absolute Gasteiger partial charge is 0.234 e. The fourth-order valence-corrected chi connectivity index (χ4v) is 3.74. The molecule has 6 nitrogen and oxygen atoms in total. The number of nitrogens with one attached hydrogen (secondary N) is 1. The molecule has 0 aliphatic rings. The number of carbonyl (C=O) groups excluding carboxylic acids is 2. The van der Waals surface area contributed by atoms with Crippen LogP contribution < -0.4 is 5.32 Å². The van der Waals surface area contributed by atoms with E-state index in [1.54, 1.807) is 47.9 Å². The summed E-state index contributed by atoms with van der Waals surface area (Å²) >= 11 is 7.19. The van der Waals surface area contributed by atoms with Crippen LogP contribution in [0.5, 0.6) is 5.75 Å². The maximum absolute atomic E-state index is 12.3. The van der Waals surface area contributed by atoms with Crippen molar-refractivity contribution < 1.29 is 14.7 Å². The molecule has 0 aliphatic heterocycles. The largest absolute Gasteiger partial charge is 0.508 e. The lowest BCUT2D eigenvalue weighted by molar-refractivity contribution is -0.113. The maximum atomic E-state index is 12.3. The van der Waals surface area contributed by atoms with Gasteiger partial charge in [-0.1, -0.05) is 29.4 Å². The highest BCUT2D eigenvalue weighted by molar-refractivity contribution is 7.99. The highest BCUT2D eigenvalue weighted by atomic mass is 35.5. The normalized spacial score (nSPS) is 10.7. The predicted molar refractivity (Wildman–Crippen MR) is 111 cm³/mol. The van der Waals surface area contributed by atoms with Crippen LogP contribution in [-0.2, 0) is 4.79 Å². The first-order valence-corrected chi connectivity index (χ1v) is 9.79. The van der Waals surface area contributed by atoms with Gasteiger partial charge in [-0.25, -0.2) is 4.98 Å². The van der Waals surface area contributed by atoms with Gasteiger partial charge in [0.25, 0.3) is 0 Å². The number of aromatic nitrogens is 2. The summed E-state index contributed by atoms with van der Waals surface area (Å²) in [4.78, 5) is 28.9. The molecular formula is C20H18ClN3O3S. The zero-order valence-electron chi connectivity index (χ0n) is 15.3. The number of aromatic hydroxyl groups is 1. The monoisotopic (exact) mass is 415 g/mol. The van der Waals surface area contributed by atoms with E-state index in [0.29, 0.717) is 27.3 Å². The molecule has 0 unspecified atom stereocenters. The van der Waals surface area contributed by atoms with Crippen LogP contribution in [0.15, 0.2) is 53.7 Å². The molecule has 0 bridgehead atoms. The van der Waals surface area contributed by atoms with E-state index in [9.17, 15) is 14.7 Å². The molecule has 1 heterocycles. The number of nitrogens with zero attached hydrogens (tertiary/aromatic N) is 2. The molecule has 0 spiro atoms. The molecule has 0 saturated carbocycles. The predicted octanol–water partition coefficient (Wildman–Crippen LogP) is 4.47. The minimum absolute atomic E-state index is 0.0745. The summed E-state index contributed by atoms with van der Waals surface area (Å²) in [7, 11) is 0. The number of halogens is 1. The topological polar surface area (TPSA) is 84.2 Å². The van der Waals surface area contributed by atoms with E-state index in [-0.39, 0.29) is 23.2 Å². The minimum atomic E-state index is -0.247. The molecule has 2 aromatic carbocycles. The molecule has 3 rings (SSSR count). The summed E-state index contributed by atoms with van der Waals surface area (Å²) in [6.45, 7) is 3.25. The fourth-order valence-electron chi connectivity index (χ4n) is 2.75. The summed E-state index contributed by atoms with van der Waals surface area (Å²) in [5.41, 5.74) is 2.31. The van der Waals surface area contributed by atoms with Crippen LogP contribution in [0.1, 0.15) is 23.1 Å². The van der Waals surface area contributed by atoms with E-state index in [0.717, 1.165) is 5.69 Å². The number of hydrogen-bond acceptors (Lipinski definition) is 5. The van der Waals surface area contributed by atoms with Crippen LogP contribution in [0, 0.1) is 6.92 Å². The third-order valence-electron chi connectivity index (χ3n) is 3.90. The Balaban J connectivity index is 1.83. The highest BCUT2D eigenvalue weighted by Gasteiger charge is 2.20. The number of rotatable bonds is 6. The molecule has 2 N–H and O–H groups in total. The van der Waals surface area contributed by atoms with Crippen molar-refractivity contribution in [2.24, 2.45) is 0 Å². The lowest BCUT2D eigenvalue weighted by Gasteiger charge is -2.11. The van der Waals surface area contributed by atoms with Crippen LogP contribution in [0.2, 0.25) is 5.02 Å². The Morgan fingerprint density at radius 3 is 2.57 bits per heavy atom. The quantitative estimate of drug-likeness (QED) is 0.458. The molecule has 3 aromatic rings. The number of benzene rings is 2. The van der Waals surface area contributed by atoms with E-state index in [1.165, 1.54) is 30.8 Å². The van der Waals surface area contributed by atoms with Crippen LogP contribution >= 0.6 is 23.4 Å². The van der Waals surface area contributed by atoms with Crippen LogP contribution in [-0.4, -0.2) is 32.1 Å². The Kier molecular flexibility index (Phi) is 6.06. The number of phenolic OH excluding ortho intramolecular Hbond substituents is 1. The van der Waals surface area contributed by atoms with E-state index < -0.39 is 0 Å². The van der Waals surface area contributed by atoms with Crippen molar-refractivity contribution >= 4 is 40.7 Å². The summed E-state index contributed by atoms with van der Waals surface area (Å²) in [6.07, 6.45) is 0. The van der Waals surface area contributed by atoms with Gasteiger partial charge in [-0.3, -0.25) is 14.2 Å². The van der Waals surface area contributed by atoms with Gasteiger partial charge in [-0.2, -0.15) is 0 Å². The Morgan fingerprint density at radius 1 is 1.21 bits per heavy atom. The molecule has 1 aromatic heterocycles. The van der Waals surface area contributed by atoms with Crippen molar-refractivity contribution in [3.63, 3.8) is 0 Å². The molecule has 1 amide bonds. The summed E-state index contributed by atoms with van der Waals surface area (Å²) in [6, 6.07) is 13.4. The average Bonchev–Trinajstić information content (AvgIpc) is 2.97. The third kappa shape index (κ3) is 4.55. The van der Waals surface area contributed by atoms with Crippen molar-refractivity contribution in [1.82, 2.24) is 9.55 Å². The maximum Gasteiger partial charge on any atom is 0.234 e. The van der Waals surface area contributed by atoms with Gasteiger partial charge >= 0.3 is 0 Å². The number of phenols is 1. The molecular weight excluding hydrogens is 398 g/mol. The zero-order chi connectivity index (χ0) is 20.3. The highest BCUT2D eigenvalue weighted by Crippen LogP contribution is 2.27. The SMILES string of the molecule is CC(=O)c1c(C)nc(SCC(=O)Nc2cccc(O)c2)n1-c1ccc(Cl)cc1. The second-order valence-corrected chi connectivity index (χ2v) is 7.46. The first-order valence-electron chi connectivity index (χ1n) is 8.43. The first-order chi connectivity index (χ1) is 13.3. The number of imidazole rings is 1. The molecule has 28 heavy (non-hydrogen) atoms. The number of aryl methyl sites for hydroxylation is 1. The molecule has 0 fully saturated rings. The van der Waals surface area contributed by atoms with Gasteiger partial charge in [0.2, 0.25) is 5.91 Å². The lowest BCUT2D eigenvalue weighted by atomic mass is 10.2. The van der Waals surface area contributed by atoms with Crippen molar-refractivity contribution in [1.29, 1.82) is 0 Å². The second-order valence-electron chi connectivity index (χ2n) is 6.08. The number of amides is 1. The van der Waals surface area contributed by atoms with E-state index >= 15 is 0 Å². The number of ketones is 1. The van der Waals surface area contributed by atoms with Crippen molar-refractivity contribution in [2.45, 2.75) is 19.0 Å². The van der Waals surface area contributed by atoms with Gasteiger partial charge < -0.3 is 10.4 Å². The summed E-state index contributed by atoms with van der Waals surface area (Å²) in [5, 5.41) is 13.3. The van der Waals surface area contributed by atoms with E-state index in [1.807, 2.05) is 0 Å². The van der Waals surface area contributed by atoms with Crippen molar-refractivity contribution in [2.75, 3.05) is 11.1 Å². The Bertz CT molecular complexity index is 1030. The summed E-state index contributed by atoms with van der Waals surface area (Å²) in [5.74, 6) is -0.193. The lowest BCUT2D eigenvalue weighted by Crippen LogP contribution is -2.14. The van der Waals surface area contributed by atoms with Crippen molar-refractivity contribution in [3.05, 3.63) is 64.9 Å². The Morgan fingerprint density at radius 2 is 1.93 bits per heavy atom. The standard InChI is InChI=1S/C20H18ClN3O3S/c1-12-19(13(2)25)24(16-8-6-14(21)7-9-16)20(22-12)28-11-18(27)23-15-4-3-5-17(26)10-15/h3-10,26H,11H2,1-2H3,(H,23,27). The number of hydrogen-bond donors (Lipinski definition) is 2. The van der Waals surface area contributed by atoms with Gasteiger partial charge in [-0.05, 0) is 43.3 Å². The van der Waals surface area contributed by atoms with Crippen LogP contribution in [0.4, 0.5) is 5.69 Å². The molecule has 8 heteroatoms. The molecule has 144 valence electrons. The fraction of sp³-hybridized carbons (Fsp3) is 0.150. The van der Waals surface area contributed by atoms with Crippen LogP contribution in [0.25, 0.3) is 5.69 Å². The van der Waals surface area contributed by atoms with Gasteiger partial charge in [0.15, 0.2) is 10.9 Å². The molecule has 0 atom stereocenters. The van der Waals surface area contributed by atoms with Gasteiger partial charge in [-0.15, -0.1) is 0 Å². The van der Waals surface area contributed by atoms with Gasteiger partial charge in [0.1, 0.15) is 11.4 Å². The third-order valence-corrected chi connectivity index (χ3v) is 5.09. The van der Waals surface area contributed by atoms with Crippen molar-refractivity contribution in [3.8, 4) is 11.4 Å². The average molecular weight is 416 g/mol. The van der Waals surface area contributed by atoms with Gasteiger partial charge in [0.05, 0.1) is 11.4 Å². The molecule has 0 saturated heterocycles. The van der Waals surface area contributed by atoms with Gasteiger partial charge in [0, 0.05) is 29.4 Å². The van der Waals surface area contributed by atoms with E-state index in [4.69, 9.17) is 11.6 Å². The zero-order valence-corrected chi connectivity index (χ0v) is 16.8. The van der Waals surface area contributed by atoms with E-state index in [2.05, 4.69) is 10.3 Å². The Labute approximate surface area is 171 Å². The number of carbonyl (C=O) groups is 2. The minimum Gasteiger partial charge on any atom is -0.508 e. The Hall–Kier alpha value is -2.77. The van der Waals surface area contributed by atoms with Crippen LogP contribution in [0.3, 0.4) is 0 Å². The first kappa shape index (κ1) is 20.0.